The third kappa shape index (κ3) is 2.07. The monoisotopic (exact) mass is 332 g/mol. The lowest BCUT2D eigenvalue weighted by atomic mass is 9.64. The zero-order valence-electron chi connectivity index (χ0n) is 14.2. The van der Waals surface area contributed by atoms with E-state index in [1.807, 2.05) is 0 Å². The Bertz CT molecular complexity index is 577. The van der Waals surface area contributed by atoms with Crippen LogP contribution in [0.4, 0.5) is 0 Å². The van der Waals surface area contributed by atoms with Crippen LogP contribution in [0.5, 0.6) is 0 Å². The molecule has 2 saturated heterocycles. The summed E-state index contributed by atoms with van der Waals surface area (Å²) in [7, 11) is 3.17. The van der Waals surface area contributed by atoms with Gasteiger partial charge in [0, 0.05) is 14.1 Å². The third-order valence-corrected chi connectivity index (χ3v) is 7.04. The van der Waals surface area contributed by atoms with Gasteiger partial charge in [-0.2, -0.15) is 0 Å². The molecule has 2 saturated carbocycles. The van der Waals surface area contributed by atoms with E-state index in [0.717, 1.165) is 38.5 Å². The molecule has 4 fully saturated rings. The van der Waals surface area contributed by atoms with Gasteiger partial charge in [0.05, 0.1) is 23.7 Å². The Kier molecular flexibility index (Phi) is 3.55. The molecule has 0 bridgehead atoms. The number of imide groups is 2. The number of amides is 4. The van der Waals surface area contributed by atoms with Gasteiger partial charge in [0.2, 0.25) is 23.6 Å². The number of hydrogen-bond acceptors (Lipinski definition) is 4. The van der Waals surface area contributed by atoms with Crippen molar-refractivity contribution in [3.63, 3.8) is 0 Å². The highest BCUT2D eigenvalue weighted by atomic mass is 16.2. The van der Waals surface area contributed by atoms with Crippen LogP contribution in [0.1, 0.15) is 38.5 Å². The van der Waals surface area contributed by atoms with E-state index in [2.05, 4.69) is 0 Å². The summed E-state index contributed by atoms with van der Waals surface area (Å²) in [5, 5.41) is 0. The average Bonchev–Trinajstić information content (AvgIpc) is 2.95. The van der Waals surface area contributed by atoms with Gasteiger partial charge in [-0.25, -0.2) is 0 Å². The van der Waals surface area contributed by atoms with Crippen LogP contribution >= 0.6 is 0 Å². The minimum Gasteiger partial charge on any atom is -0.285 e. The van der Waals surface area contributed by atoms with Crippen molar-refractivity contribution in [2.24, 2.45) is 35.5 Å². The minimum absolute atomic E-state index is 0.0228. The molecule has 0 spiro atoms. The molecule has 2 aliphatic carbocycles. The lowest BCUT2D eigenvalue weighted by molar-refractivity contribution is -0.139. The molecule has 2 aliphatic heterocycles. The predicted octanol–water partition coefficient (Wildman–Crippen LogP) is 1.05. The van der Waals surface area contributed by atoms with Gasteiger partial charge in [0.15, 0.2) is 0 Å². The molecule has 6 heteroatoms. The van der Waals surface area contributed by atoms with Gasteiger partial charge in [-0.3, -0.25) is 29.0 Å². The minimum atomic E-state index is -0.164. The molecule has 0 N–H and O–H groups in total. The fourth-order valence-corrected chi connectivity index (χ4v) is 5.61. The van der Waals surface area contributed by atoms with Crippen LogP contribution in [-0.4, -0.2) is 47.5 Å². The predicted molar refractivity (Wildman–Crippen MR) is 84.2 cm³/mol. The molecule has 2 heterocycles. The quantitative estimate of drug-likeness (QED) is 0.673. The Morgan fingerprint density at radius 1 is 0.583 bits per heavy atom. The normalized spacial score (nSPS) is 42.6. The molecule has 0 aromatic carbocycles. The Morgan fingerprint density at radius 3 is 1.29 bits per heavy atom. The second kappa shape index (κ2) is 5.39. The number of fused-ring (bicyclic) bond motifs is 2. The summed E-state index contributed by atoms with van der Waals surface area (Å²) in [5.41, 5.74) is 0. The van der Waals surface area contributed by atoms with Crippen molar-refractivity contribution in [3.8, 4) is 0 Å². The van der Waals surface area contributed by atoms with Crippen LogP contribution in [0.15, 0.2) is 0 Å². The highest BCUT2D eigenvalue weighted by Crippen LogP contribution is 2.49. The van der Waals surface area contributed by atoms with E-state index in [1.165, 1.54) is 9.80 Å². The van der Waals surface area contributed by atoms with Crippen molar-refractivity contribution in [1.29, 1.82) is 0 Å². The first-order chi connectivity index (χ1) is 11.4. The summed E-state index contributed by atoms with van der Waals surface area (Å²) in [6.07, 6.45) is 4.99. The smallest absolute Gasteiger partial charge is 0.232 e. The van der Waals surface area contributed by atoms with Crippen LogP contribution in [-0.2, 0) is 19.2 Å². The molecule has 24 heavy (non-hydrogen) atoms. The Labute approximate surface area is 141 Å². The molecule has 4 amide bonds. The van der Waals surface area contributed by atoms with Crippen LogP contribution in [0.25, 0.3) is 0 Å². The van der Waals surface area contributed by atoms with Crippen LogP contribution in [0.2, 0.25) is 0 Å². The largest absolute Gasteiger partial charge is 0.285 e. The van der Waals surface area contributed by atoms with Gasteiger partial charge in [-0.1, -0.05) is 0 Å². The van der Waals surface area contributed by atoms with Crippen LogP contribution < -0.4 is 0 Å². The zero-order valence-corrected chi connectivity index (χ0v) is 14.2. The Hall–Kier alpha value is -1.72. The van der Waals surface area contributed by atoms with Crippen molar-refractivity contribution >= 4 is 23.6 Å². The van der Waals surface area contributed by atoms with Gasteiger partial charge in [0.25, 0.3) is 0 Å². The molecule has 6 unspecified atom stereocenters. The topological polar surface area (TPSA) is 74.8 Å². The number of rotatable bonds is 1. The van der Waals surface area contributed by atoms with Gasteiger partial charge < -0.3 is 0 Å². The van der Waals surface area contributed by atoms with E-state index < -0.39 is 0 Å². The molecule has 0 aromatic rings. The third-order valence-electron chi connectivity index (χ3n) is 7.04. The standard InChI is InChI=1S/C18H24N2O4/c1-19-15(21)11-5-3-9(7-13(11)17(19)23)10-4-6-12-14(8-10)18(24)20(2)16(12)22/h9-14H,3-8H2,1-2H3. The van der Waals surface area contributed by atoms with Gasteiger partial charge in [-0.15, -0.1) is 0 Å². The van der Waals surface area contributed by atoms with Crippen LogP contribution in [0.3, 0.4) is 0 Å². The van der Waals surface area contributed by atoms with Crippen molar-refractivity contribution in [2.75, 3.05) is 14.1 Å². The fourth-order valence-electron chi connectivity index (χ4n) is 5.61. The number of nitrogens with zero attached hydrogens (tertiary/aromatic N) is 2. The fraction of sp³-hybridized carbons (Fsp3) is 0.778. The lowest BCUT2D eigenvalue weighted by Gasteiger charge is -2.38. The number of carbonyl (C=O) groups is 4. The summed E-state index contributed by atoms with van der Waals surface area (Å²) in [5.74, 6) is 0.0895. The highest BCUT2D eigenvalue weighted by molar-refractivity contribution is 6.05. The number of hydrogen-bond donors (Lipinski definition) is 0. The SMILES string of the molecule is CN1C(=O)C2CCC(C3CCC4C(=O)N(C)C(=O)C4C3)CC2C1=O. The Balaban J connectivity index is 1.47. The first-order valence-corrected chi connectivity index (χ1v) is 9.03. The van der Waals surface area contributed by atoms with E-state index in [0.29, 0.717) is 11.8 Å². The summed E-state index contributed by atoms with van der Waals surface area (Å²) in [6.45, 7) is 0. The van der Waals surface area contributed by atoms with Crippen molar-refractivity contribution in [2.45, 2.75) is 38.5 Å². The van der Waals surface area contributed by atoms with Gasteiger partial charge in [0.1, 0.15) is 0 Å². The van der Waals surface area contributed by atoms with E-state index in [1.54, 1.807) is 14.1 Å². The molecule has 6 nitrogen and oxygen atoms in total. The van der Waals surface area contributed by atoms with Crippen molar-refractivity contribution in [3.05, 3.63) is 0 Å². The summed E-state index contributed by atoms with van der Waals surface area (Å²) >= 11 is 0. The maximum atomic E-state index is 12.3. The first kappa shape index (κ1) is 15.8. The maximum Gasteiger partial charge on any atom is 0.232 e. The van der Waals surface area contributed by atoms with Crippen molar-refractivity contribution in [1.82, 2.24) is 9.80 Å². The van der Waals surface area contributed by atoms with E-state index in [9.17, 15) is 19.2 Å². The molecule has 130 valence electrons. The zero-order chi connectivity index (χ0) is 17.2. The molecule has 4 aliphatic rings. The van der Waals surface area contributed by atoms with E-state index in [4.69, 9.17) is 0 Å². The highest BCUT2D eigenvalue weighted by Gasteiger charge is 2.53. The van der Waals surface area contributed by atoms with E-state index in [-0.39, 0.29) is 47.3 Å². The van der Waals surface area contributed by atoms with Crippen molar-refractivity contribution < 1.29 is 19.2 Å². The molecular weight excluding hydrogens is 308 g/mol. The molecule has 6 atom stereocenters. The number of carbonyl (C=O) groups excluding carboxylic acids is 4. The summed E-state index contributed by atoms with van der Waals surface area (Å²) < 4.78 is 0. The molecule has 0 radical (unpaired) electrons. The summed E-state index contributed by atoms with van der Waals surface area (Å²) in [6, 6.07) is 0. The summed E-state index contributed by atoms with van der Waals surface area (Å²) in [4.78, 5) is 51.4. The second-order valence-corrected chi connectivity index (χ2v) is 8.04. The first-order valence-electron chi connectivity index (χ1n) is 9.03. The maximum absolute atomic E-state index is 12.3. The molecular formula is C18H24N2O4. The lowest BCUT2D eigenvalue weighted by Crippen LogP contribution is -2.35. The molecule has 4 rings (SSSR count). The van der Waals surface area contributed by atoms with Gasteiger partial charge >= 0.3 is 0 Å². The average molecular weight is 332 g/mol. The Morgan fingerprint density at radius 2 is 0.917 bits per heavy atom. The molecule has 0 aromatic heterocycles. The van der Waals surface area contributed by atoms with E-state index >= 15 is 0 Å². The second-order valence-electron chi connectivity index (χ2n) is 8.04. The van der Waals surface area contributed by atoms with Crippen LogP contribution in [0, 0.1) is 35.5 Å². The van der Waals surface area contributed by atoms with Gasteiger partial charge in [-0.05, 0) is 50.4 Å². The number of likely N-dealkylation sites (tertiary alicyclic amines) is 2.